The second-order valence-corrected chi connectivity index (χ2v) is 5.57. The summed E-state index contributed by atoms with van der Waals surface area (Å²) < 4.78 is 13.9. The minimum atomic E-state index is -0.607. The van der Waals surface area contributed by atoms with E-state index in [0.717, 1.165) is 47.9 Å². The first-order valence-corrected chi connectivity index (χ1v) is 7.99. The van der Waals surface area contributed by atoms with Crippen molar-refractivity contribution in [2.75, 3.05) is 10.6 Å². The van der Waals surface area contributed by atoms with Gasteiger partial charge in [0.05, 0.1) is 10.6 Å². The summed E-state index contributed by atoms with van der Waals surface area (Å²) >= 11 is 5.24. The molecule has 2 N–H and O–H groups in total. The maximum Gasteiger partial charge on any atom is 0.271 e. The summed E-state index contributed by atoms with van der Waals surface area (Å²) in [6.07, 6.45) is 1.65. The van der Waals surface area contributed by atoms with E-state index in [-0.39, 0.29) is 16.5 Å². The van der Waals surface area contributed by atoms with Crippen molar-refractivity contribution < 1.29 is 9.31 Å². The first-order chi connectivity index (χ1) is 11.5. The molecule has 0 saturated heterocycles. The fourth-order valence-corrected chi connectivity index (χ4v) is 2.60. The van der Waals surface area contributed by atoms with Crippen molar-refractivity contribution in [3.8, 4) is 0 Å². The Morgan fingerprint density at radius 2 is 1.79 bits per heavy atom. The van der Waals surface area contributed by atoms with E-state index in [1.165, 1.54) is 0 Å². The van der Waals surface area contributed by atoms with Gasteiger partial charge in [0.15, 0.2) is 5.11 Å². The maximum atomic E-state index is 13.9. The fourth-order valence-electron chi connectivity index (χ4n) is 2.39. The standard InChI is InChI=1S/C17H18FN3O2S/c1-3-11-6-5-7-12(4-2)16(11)20-17(24)19-15-10-13(21(22)23)8-9-14(15)18/h5-10H,3-4H2,1-2H3,(H2,19,20,24). The molecule has 0 fully saturated rings. The molecule has 0 aliphatic heterocycles. The number of hydrogen-bond donors (Lipinski definition) is 2. The first-order valence-electron chi connectivity index (χ1n) is 7.59. The number of thiocarbonyl (C=S) groups is 1. The van der Waals surface area contributed by atoms with Crippen LogP contribution in [0.2, 0.25) is 0 Å². The fraction of sp³-hybridized carbons (Fsp3) is 0.235. The Morgan fingerprint density at radius 1 is 1.17 bits per heavy atom. The Hall–Kier alpha value is -2.54. The SMILES string of the molecule is CCc1cccc(CC)c1NC(=S)Nc1cc([N+](=O)[O-])ccc1F. The molecule has 0 spiro atoms. The summed E-state index contributed by atoms with van der Waals surface area (Å²) in [5.41, 5.74) is 2.85. The van der Waals surface area contributed by atoms with Gasteiger partial charge >= 0.3 is 0 Å². The van der Waals surface area contributed by atoms with Crippen molar-refractivity contribution in [1.82, 2.24) is 0 Å². The lowest BCUT2D eigenvalue weighted by Gasteiger charge is -2.17. The van der Waals surface area contributed by atoms with Gasteiger partial charge in [-0.15, -0.1) is 0 Å². The van der Waals surface area contributed by atoms with Crippen molar-refractivity contribution in [2.45, 2.75) is 26.7 Å². The van der Waals surface area contributed by atoms with E-state index in [9.17, 15) is 14.5 Å². The zero-order valence-corrected chi connectivity index (χ0v) is 14.2. The molecule has 2 aromatic carbocycles. The van der Waals surface area contributed by atoms with E-state index in [1.807, 2.05) is 32.0 Å². The Balaban J connectivity index is 2.23. The number of nitro benzene ring substituents is 1. The van der Waals surface area contributed by atoms with Crippen molar-refractivity contribution in [3.63, 3.8) is 0 Å². The summed E-state index contributed by atoms with van der Waals surface area (Å²) in [6.45, 7) is 4.08. The molecule has 0 aliphatic rings. The molecule has 0 atom stereocenters. The van der Waals surface area contributed by atoms with Crippen LogP contribution in [0.15, 0.2) is 36.4 Å². The van der Waals surface area contributed by atoms with Crippen LogP contribution in [0, 0.1) is 15.9 Å². The quantitative estimate of drug-likeness (QED) is 0.467. The van der Waals surface area contributed by atoms with Crippen LogP contribution in [0.3, 0.4) is 0 Å². The summed E-state index contributed by atoms with van der Waals surface area (Å²) in [7, 11) is 0. The number of benzene rings is 2. The number of rotatable bonds is 5. The number of para-hydroxylation sites is 1. The average Bonchev–Trinajstić information content (AvgIpc) is 2.56. The van der Waals surface area contributed by atoms with Gasteiger partial charge < -0.3 is 10.6 Å². The molecule has 5 nitrogen and oxygen atoms in total. The third-order valence-corrected chi connectivity index (χ3v) is 3.85. The van der Waals surface area contributed by atoms with Crippen LogP contribution in [-0.4, -0.2) is 10.0 Å². The van der Waals surface area contributed by atoms with E-state index in [1.54, 1.807) is 0 Å². The third-order valence-electron chi connectivity index (χ3n) is 3.65. The molecule has 2 rings (SSSR count). The van der Waals surface area contributed by atoms with Crippen LogP contribution in [0.5, 0.6) is 0 Å². The Morgan fingerprint density at radius 3 is 2.33 bits per heavy atom. The summed E-state index contributed by atoms with van der Waals surface area (Å²) in [5, 5.41) is 16.8. The van der Waals surface area contributed by atoms with Crippen molar-refractivity contribution in [3.05, 3.63) is 63.5 Å². The zero-order chi connectivity index (χ0) is 17.7. The van der Waals surface area contributed by atoms with Gasteiger partial charge in [-0.25, -0.2) is 4.39 Å². The lowest BCUT2D eigenvalue weighted by atomic mass is 10.0. The molecule has 0 heterocycles. The van der Waals surface area contributed by atoms with Crippen LogP contribution in [0.1, 0.15) is 25.0 Å². The van der Waals surface area contributed by atoms with E-state index in [0.29, 0.717) is 0 Å². The van der Waals surface area contributed by atoms with E-state index in [4.69, 9.17) is 12.2 Å². The molecule has 0 bridgehead atoms. The number of aryl methyl sites for hydroxylation is 2. The topological polar surface area (TPSA) is 67.2 Å². The second-order valence-electron chi connectivity index (χ2n) is 5.16. The van der Waals surface area contributed by atoms with Crippen LogP contribution < -0.4 is 10.6 Å². The number of nitro groups is 1. The normalized spacial score (nSPS) is 10.3. The van der Waals surface area contributed by atoms with Crippen LogP contribution in [-0.2, 0) is 12.8 Å². The zero-order valence-electron chi connectivity index (χ0n) is 13.4. The van der Waals surface area contributed by atoms with Crippen molar-refractivity contribution in [1.29, 1.82) is 0 Å². The number of nitrogens with zero attached hydrogens (tertiary/aromatic N) is 1. The number of anilines is 2. The van der Waals surface area contributed by atoms with E-state index in [2.05, 4.69) is 10.6 Å². The highest BCUT2D eigenvalue weighted by molar-refractivity contribution is 7.80. The van der Waals surface area contributed by atoms with Crippen molar-refractivity contribution >= 4 is 34.4 Å². The summed E-state index contributed by atoms with van der Waals surface area (Å²) in [5.74, 6) is -0.607. The highest BCUT2D eigenvalue weighted by Crippen LogP contribution is 2.24. The van der Waals surface area contributed by atoms with Gasteiger partial charge in [-0.2, -0.15) is 0 Å². The Kier molecular flexibility index (Phi) is 5.81. The molecule has 0 radical (unpaired) electrons. The highest BCUT2D eigenvalue weighted by Gasteiger charge is 2.13. The monoisotopic (exact) mass is 347 g/mol. The molecule has 7 heteroatoms. The summed E-state index contributed by atoms with van der Waals surface area (Å²) in [6, 6.07) is 9.25. The molecular formula is C17H18FN3O2S. The van der Waals surface area contributed by atoms with Gasteiger partial charge in [-0.1, -0.05) is 32.0 Å². The smallest absolute Gasteiger partial charge is 0.271 e. The first kappa shape index (κ1) is 17.8. The molecule has 126 valence electrons. The van der Waals surface area contributed by atoms with Gasteiger partial charge in [-0.3, -0.25) is 10.1 Å². The van der Waals surface area contributed by atoms with Gasteiger partial charge in [-0.05, 0) is 42.3 Å². The minimum absolute atomic E-state index is 0.0336. The van der Waals surface area contributed by atoms with Crippen LogP contribution >= 0.6 is 12.2 Å². The van der Waals surface area contributed by atoms with Gasteiger partial charge in [0.1, 0.15) is 5.82 Å². The predicted octanol–water partition coefficient (Wildman–Crippen LogP) is 4.67. The molecule has 24 heavy (non-hydrogen) atoms. The maximum absolute atomic E-state index is 13.9. The number of non-ortho nitro benzene ring substituents is 1. The second kappa shape index (κ2) is 7.83. The molecule has 0 saturated carbocycles. The van der Waals surface area contributed by atoms with Gasteiger partial charge in [0, 0.05) is 17.8 Å². The predicted molar refractivity (Wildman–Crippen MR) is 98.1 cm³/mol. The van der Waals surface area contributed by atoms with Crippen molar-refractivity contribution in [2.24, 2.45) is 0 Å². The summed E-state index contributed by atoms with van der Waals surface area (Å²) in [4.78, 5) is 10.2. The number of hydrogen-bond acceptors (Lipinski definition) is 3. The average molecular weight is 347 g/mol. The Labute approximate surface area is 145 Å². The number of nitrogens with one attached hydrogen (secondary N) is 2. The van der Waals surface area contributed by atoms with E-state index < -0.39 is 10.7 Å². The molecule has 0 aromatic heterocycles. The van der Waals surface area contributed by atoms with E-state index >= 15 is 0 Å². The molecule has 2 aromatic rings. The molecule has 0 amide bonds. The largest absolute Gasteiger partial charge is 0.332 e. The van der Waals surface area contributed by atoms with Crippen LogP contribution in [0.4, 0.5) is 21.5 Å². The highest BCUT2D eigenvalue weighted by atomic mass is 32.1. The molecular weight excluding hydrogens is 329 g/mol. The van der Waals surface area contributed by atoms with Gasteiger partial charge in [0.2, 0.25) is 0 Å². The third kappa shape index (κ3) is 4.05. The number of halogens is 1. The Bertz CT molecular complexity index is 758. The molecule has 0 aliphatic carbocycles. The van der Waals surface area contributed by atoms with Crippen LogP contribution in [0.25, 0.3) is 0 Å². The van der Waals surface area contributed by atoms with Gasteiger partial charge in [0.25, 0.3) is 5.69 Å². The lowest BCUT2D eigenvalue weighted by Crippen LogP contribution is -2.21. The minimum Gasteiger partial charge on any atom is -0.332 e. The molecule has 0 unspecified atom stereocenters. The lowest BCUT2D eigenvalue weighted by molar-refractivity contribution is -0.384.